The Bertz CT molecular complexity index is 434. The number of halogens is 1. The number of aliphatic carboxylic acids is 1. The summed E-state index contributed by atoms with van der Waals surface area (Å²) in [4.78, 5) is 20.1. The van der Waals surface area contributed by atoms with Gasteiger partial charge in [-0.2, -0.15) is 4.39 Å². The molecule has 0 aromatic heterocycles. The molecule has 1 aromatic carbocycles. The Balaban J connectivity index is 3.21. The second kappa shape index (κ2) is 4.67. The fourth-order valence-corrected chi connectivity index (χ4v) is 1.21. The lowest BCUT2D eigenvalue weighted by Gasteiger charge is -2.08. The normalized spacial score (nSPS) is 12.1. The molecule has 86 valence electrons. The molecule has 0 aliphatic heterocycles. The first kappa shape index (κ1) is 12.1. The van der Waals surface area contributed by atoms with Crippen molar-refractivity contribution in [3.8, 4) is 0 Å². The number of benzene rings is 1. The van der Waals surface area contributed by atoms with Gasteiger partial charge in [0.15, 0.2) is 0 Å². The standard InChI is InChI=1S/C9H8FNO5/c10-7-2-1-5(3-8(7)11(15)16)6(4-12)9(13)14/h1-3,6,12H,4H2,(H,13,14). The summed E-state index contributed by atoms with van der Waals surface area (Å²) >= 11 is 0. The highest BCUT2D eigenvalue weighted by Gasteiger charge is 2.23. The SMILES string of the molecule is O=C(O)C(CO)c1ccc(F)c([N+](=O)[O-])c1. The summed E-state index contributed by atoms with van der Waals surface area (Å²) in [6.07, 6.45) is 0. The summed E-state index contributed by atoms with van der Waals surface area (Å²) < 4.78 is 12.9. The molecule has 0 spiro atoms. The predicted octanol–water partition coefficient (Wildman–Crippen LogP) is 0.894. The van der Waals surface area contributed by atoms with E-state index in [1.54, 1.807) is 0 Å². The van der Waals surface area contributed by atoms with E-state index in [0.717, 1.165) is 18.2 Å². The number of hydrogen-bond donors (Lipinski definition) is 2. The van der Waals surface area contributed by atoms with Gasteiger partial charge in [-0.1, -0.05) is 6.07 Å². The molecule has 16 heavy (non-hydrogen) atoms. The van der Waals surface area contributed by atoms with Gasteiger partial charge in [0.25, 0.3) is 0 Å². The number of hydrogen-bond acceptors (Lipinski definition) is 4. The molecule has 1 aromatic rings. The van der Waals surface area contributed by atoms with Crippen LogP contribution in [-0.2, 0) is 4.79 Å². The Labute approximate surface area is 89.1 Å². The van der Waals surface area contributed by atoms with Gasteiger partial charge in [0.1, 0.15) is 5.92 Å². The molecule has 6 nitrogen and oxygen atoms in total. The summed E-state index contributed by atoms with van der Waals surface area (Å²) in [5.74, 6) is -3.67. The average molecular weight is 229 g/mol. The highest BCUT2D eigenvalue weighted by atomic mass is 19.1. The zero-order valence-electron chi connectivity index (χ0n) is 7.96. The van der Waals surface area contributed by atoms with Crippen LogP contribution in [0.3, 0.4) is 0 Å². The van der Waals surface area contributed by atoms with E-state index < -0.39 is 34.9 Å². The van der Waals surface area contributed by atoms with Gasteiger partial charge in [-0.3, -0.25) is 14.9 Å². The molecule has 0 saturated heterocycles. The van der Waals surface area contributed by atoms with Gasteiger partial charge in [0.2, 0.25) is 5.82 Å². The molecule has 0 amide bonds. The predicted molar refractivity (Wildman–Crippen MR) is 50.5 cm³/mol. The molecular weight excluding hydrogens is 221 g/mol. The third kappa shape index (κ3) is 2.31. The van der Waals surface area contributed by atoms with E-state index in [9.17, 15) is 19.3 Å². The molecule has 7 heteroatoms. The Morgan fingerprint density at radius 1 is 1.56 bits per heavy atom. The fraction of sp³-hybridized carbons (Fsp3) is 0.222. The number of nitro groups is 1. The van der Waals surface area contributed by atoms with Crippen molar-refractivity contribution in [2.45, 2.75) is 5.92 Å². The van der Waals surface area contributed by atoms with Crippen molar-refractivity contribution in [1.29, 1.82) is 0 Å². The van der Waals surface area contributed by atoms with Crippen molar-refractivity contribution < 1.29 is 24.3 Å². The van der Waals surface area contributed by atoms with Crippen molar-refractivity contribution >= 4 is 11.7 Å². The Morgan fingerprint density at radius 2 is 2.19 bits per heavy atom. The van der Waals surface area contributed by atoms with Crippen LogP contribution >= 0.6 is 0 Å². The highest BCUT2D eigenvalue weighted by molar-refractivity contribution is 5.76. The third-order valence-corrected chi connectivity index (χ3v) is 2.05. The van der Waals surface area contributed by atoms with Gasteiger partial charge in [0, 0.05) is 6.07 Å². The van der Waals surface area contributed by atoms with Crippen molar-refractivity contribution in [2.24, 2.45) is 0 Å². The van der Waals surface area contributed by atoms with Crippen LogP contribution in [0.4, 0.5) is 10.1 Å². The van der Waals surface area contributed by atoms with Crippen LogP contribution < -0.4 is 0 Å². The van der Waals surface area contributed by atoms with Gasteiger partial charge in [-0.05, 0) is 11.6 Å². The van der Waals surface area contributed by atoms with Gasteiger partial charge in [-0.15, -0.1) is 0 Å². The topological polar surface area (TPSA) is 101 Å². The number of aliphatic hydroxyl groups excluding tert-OH is 1. The number of aliphatic hydroxyl groups is 1. The summed E-state index contributed by atoms with van der Waals surface area (Å²) in [6, 6.07) is 2.71. The number of carboxylic acids is 1. The molecule has 0 saturated carbocycles. The van der Waals surface area contributed by atoms with Crippen LogP contribution in [0.5, 0.6) is 0 Å². The van der Waals surface area contributed by atoms with Gasteiger partial charge in [0.05, 0.1) is 11.5 Å². The van der Waals surface area contributed by atoms with E-state index in [1.807, 2.05) is 0 Å². The monoisotopic (exact) mass is 229 g/mol. The second-order valence-electron chi connectivity index (χ2n) is 3.04. The van der Waals surface area contributed by atoms with E-state index in [0.29, 0.717) is 0 Å². The van der Waals surface area contributed by atoms with Crippen molar-refractivity contribution in [3.05, 3.63) is 39.7 Å². The Hall–Kier alpha value is -2.02. The van der Waals surface area contributed by atoms with Crippen LogP contribution in [0.25, 0.3) is 0 Å². The maximum Gasteiger partial charge on any atom is 0.313 e. The first-order valence-electron chi connectivity index (χ1n) is 4.25. The van der Waals surface area contributed by atoms with Gasteiger partial charge < -0.3 is 10.2 Å². The lowest BCUT2D eigenvalue weighted by atomic mass is 9.99. The molecule has 0 heterocycles. The van der Waals surface area contributed by atoms with Crippen LogP contribution in [0.15, 0.2) is 18.2 Å². The van der Waals surface area contributed by atoms with E-state index >= 15 is 0 Å². The van der Waals surface area contributed by atoms with E-state index in [4.69, 9.17) is 10.2 Å². The number of nitro benzene ring substituents is 1. The quantitative estimate of drug-likeness (QED) is 0.589. The van der Waals surface area contributed by atoms with Crippen LogP contribution in [0.2, 0.25) is 0 Å². The first-order chi connectivity index (χ1) is 7.47. The third-order valence-electron chi connectivity index (χ3n) is 2.05. The maximum absolute atomic E-state index is 12.9. The van der Waals surface area contributed by atoms with Crippen molar-refractivity contribution in [3.63, 3.8) is 0 Å². The number of carbonyl (C=O) groups is 1. The minimum absolute atomic E-state index is 0.0110. The van der Waals surface area contributed by atoms with Crippen LogP contribution in [-0.4, -0.2) is 27.7 Å². The smallest absolute Gasteiger partial charge is 0.313 e. The first-order valence-corrected chi connectivity index (χ1v) is 4.25. The molecule has 0 aliphatic rings. The van der Waals surface area contributed by atoms with Crippen molar-refractivity contribution in [1.82, 2.24) is 0 Å². The van der Waals surface area contributed by atoms with E-state index in [2.05, 4.69) is 0 Å². The lowest BCUT2D eigenvalue weighted by Crippen LogP contribution is -2.15. The average Bonchev–Trinajstić information content (AvgIpc) is 2.20. The van der Waals surface area contributed by atoms with E-state index in [1.165, 1.54) is 0 Å². The minimum atomic E-state index is -1.33. The van der Waals surface area contributed by atoms with Crippen molar-refractivity contribution in [2.75, 3.05) is 6.61 Å². The lowest BCUT2D eigenvalue weighted by molar-refractivity contribution is -0.387. The summed E-state index contributed by atoms with van der Waals surface area (Å²) in [6.45, 7) is -0.710. The van der Waals surface area contributed by atoms with Crippen LogP contribution in [0, 0.1) is 15.9 Å². The molecule has 1 atom stereocenters. The molecule has 2 N–H and O–H groups in total. The number of rotatable bonds is 4. The molecule has 1 rings (SSSR count). The molecule has 0 radical (unpaired) electrons. The zero-order valence-corrected chi connectivity index (χ0v) is 7.96. The summed E-state index contributed by atoms with van der Waals surface area (Å²) in [5.41, 5.74) is -0.819. The summed E-state index contributed by atoms with van der Waals surface area (Å²) in [5, 5.41) is 27.9. The maximum atomic E-state index is 12.9. The zero-order chi connectivity index (χ0) is 12.3. The van der Waals surface area contributed by atoms with E-state index in [-0.39, 0.29) is 5.56 Å². The second-order valence-corrected chi connectivity index (χ2v) is 3.04. The number of carboxylic acid groups (broad SMARTS) is 1. The molecular formula is C9H8FNO5. The molecule has 0 fully saturated rings. The largest absolute Gasteiger partial charge is 0.481 e. The van der Waals surface area contributed by atoms with Gasteiger partial charge >= 0.3 is 11.7 Å². The Morgan fingerprint density at radius 3 is 2.62 bits per heavy atom. The van der Waals surface area contributed by atoms with Gasteiger partial charge in [-0.25, -0.2) is 0 Å². The molecule has 1 unspecified atom stereocenters. The highest BCUT2D eigenvalue weighted by Crippen LogP contribution is 2.23. The minimum Gasteiger partial charge on any atom is -0.481 e. The number of nitrogens with zero attached hydrogens (tertiary/aromatic N) is 1. The Kier molecular flexibility index (Phi) is 3.51. The summed E-state index contributed by atoms with van der Waals surface area (Å²) in [7, 11) is 0. The van der Waals surface area contributed by atoms with Crippen LogP contribution in [0.1, 0.15) is 11.5 Å². The fourth-order valence-electron chi connectivity index (χ4n) is 1.21. The molecule has 0 aliphatic carbocycles. The molecule has 0 bridgehead atoms.